The third kappa shape index (κ3) is 5.91. The first-order chi connectivity index (χ1) is 10.1. The third-order valence-corrected chi connectivity index (χ3v) is 3.26. The van der Waals surface area contributed by atoms with Crippen molar-refractivity contribution in [2.45, 2.75) is 12.8 Å². The van der Waals surface area contributed by atoms with Gasteiger partial charge in [0.2, 0.25) is 5.91 Å². The Balaban J connectivity index is 2.62. The molecule has 1 aromatic rings. The van der Waals surface area contributed by atoms with E-state index in [1.54, 1.807) is 18.2 Å². The maximum atomic E-state index is 12.1. The number of carbonyl (C=O) groups excluding carboxylic acids is 1. The largest absolute Gasteiger partial charge is 0.375 e. The minimum Gasteiger partial charge on any atom is -0.375 e. The Bertz CT molecular complexity index is 559. The maximum Gasteiger partial charge on any atom is 0.241 e. The van der Waals surface area contributed by atoms with Crippen molar-refractivity contribution in [3.05, 3.63) is 28.2 Å². The molecule has 110 valence electrons. The summed E-state index contributed by atoms with van der Waals surface area (Å²) in [6, 6.07) is 8.89. The molecule has 5 nitrogen and oxygen atoms in total. The van der Waals surface area contributed by atoms with Crippen LogP contribution in [0, 0.1) is 22.7 Å². The smallest absolute Gasteiger partial charge is 0.241 e. The van der Waals surface area contributed by atoms with E-state index >= 15 is 0 Å². The summed E-state index contributed by atoms with van der Waals surface area (Å²) in [4.78, 5) is 13.6. The van der Waals surface area contributed by atoms with Crippen LogP contribution in [0.25, 0.3) is 0 Å². The summed E-state index contributed by atoms with van der Waals surface area (Å²) in [5, 5.41) is 21.1. The number of halogens is 2. The Kier molecular flexibility index (Phi) is 7.39. The molecular formula is C14H14Cl2N4O. The van der Waals surface area contributed by atoms with Gasteiger partial charge in [0.15, 0.2) is 0 Å². The molecule has 0 radical (unpaired) electrons. The van der Waals surface area contributed by atoms with E-state index in [9.17, 15) is 4.79 Å². The second kappa shape index (κ2) is 9.07. The summed E-state index contributed by atoms with van der Waals surface area (Å²) in [7, 11) is 0. The van der Waals surface area contributed by atoms with Crippen molar-refractivity contribution in [1.82, 2.24) is 4.90 Å². The Hall–Kier alpha value is -1.95. The summed E-state index contributed by atoms with van der Waals surface area (Å²) in [5.41, 5.74) is 0.568. The molecule has 0 saturated heterocycles. The van der Waals surface area contributed by atoms with Gasteiger partial charge in [-0.05, 0) is 18.2 Å². The van der Waals surface area contributed by atoms with Crippen LogP contribution in [-0.4, -0.2) is 30.4 Å². The molecule has 0 aliphatic heterocycles. The van der Waals surface area contributed by atoms with Crippen molar-refractivity contribution in [1.29, 1.82) is 10.5 Å². The summed E-state index contributed by atoms with van der Waals surface area (Å²) in [6.07, 6.45) is 0.462. The fourth-order valence-electron chi connectivity index (χ4n) is 1.65. The van der Waals surface area contributed by atoms with E-state index in [0.29, 0.717) is 28.8 Å². The van der Waals surface area contributed by atoms with Crippen LogP contribution in [0.1, 0.15) is 12.8 Å². The molecular weight excluding hydrogens is 311 g/mol. The molecule has 1 N–H and O–H groups in total. The maximum absolute atomic E-state index is 12.1. The Labute approximate surface area is 133 Å². The summed E-state index contributed by atoms with van der Waals surface area (Å²) in [5.74, 6) is -0.198. The summed E-state index contributed by atoms with van der Waals surface area (Å²) in [6.45, 7) is 0.640. The lowest BCUT2D eigenvalue weighted by Gasteiger charge is -2.21. The second-order valence-electron chi connectivity index (χ2n) is 4.17. The van der Waals surface area contributed by atoms with Crippen LogP contribution in [0.15, 0.2) is 18.2 Å². The summed E-state index contributed by atoms with van der Waals surface area (Å²) >= 11 is 11.9. The van der Waals surface area contributed by atoms with E-state index in [2.05, 4.69) is 5.32 Å². The zero-order valence-corrected chi connectivity index (χ0v) is 12.8. The van der Waals surface area contributed by atoms with Crippen molar-refractivity contribution in [3.8, 4) is 12.1 Å². The van der Waals surface area contributed by atoms with E-state index in [-0.39, 0.29) is 25.3 Å². The SMILES string of the molecule is N#CCCN(CCC#N)C(=O)CNc1cc(Cl)ccc1Cl. The van der Waals surface area contributed by atoms with Crippen molar-refractivity contribution in [2.75, 3.05) is 25.0 Å². The van der Waals surface area contributed by atoms with Crippen LogP contribution in [0.2, 0.25) is 10.0 Å². The van der Waals surface area contributed by atoms with Crippen molar-refractivity contribution in [3.63, 3.8) is 0 Å². The number of amides is 1. The number of nitrogens with zero attached hydrogens (tertiary/aromatic N) is 3. The Morgan fingerprint density at radius 3 is 2.38 bits per heavy atom. The predicted octanol–water partition coefficient (Wildman–Crippen LogP) is 3.06. The number of carbonyl (C=O) groups is 1. The van der Waals surface area contributed by atoms with Crippen LogP contribution < -0.4 is 5.32 Å². The first-order valence-corrected chi connectivity index (χ1v) is 7.04. The zero-order chi connectivity index (χ0) is 15.7. The normalized spacial score (nSPS) is 9.52. The first-order valence-electron chi connectivity index (χ1n) is 6.29. The van der Waals surface area contributed by atoms with Gasteiger partial charge in [0, 0.05) is 18.1 Å². The molecule has 0 unspecified atom stereocenters. The molecule has 0 atom stereocenters. The lowest BCUT2D eigenvalue weighted by Crippen LogP contribution is -2.37. The lowest BCUT2D eigenvalue weighted by atomic mass is 10.3. The third-order valence-electron chi connectivity index (χ3n) is 2.70. The molecule has 1 aromatic carbocycles. The molecule has 7 heteroatoms. The van der Waals surface area contributed by atoms with Crippen LogP contribution >= 0.6 is 23.2 Å². The van der Waals surface area contributed by atoms with Gasteiger partial charge in [-0.3, -0.25) is 4.79 Å². The van der Waals surface area contributed by atoms with Gasteiger partial charge in [0.05, 0.1) is 42.2 Å². The molecule has 0 heterocycles. The minimum atomic E-state index is -0.198. The van der Waals surface area contributed by atoms with Gasteiger partial charge in [0.25, 0.3) is 0 Å². The van der Waals surface area contributed by atoms with E-state index in [1.807, 2.05) is 12.1 Å². The van der Waals surface area contributed by atoms with Gasteiger partial charge in [0.1, 0.15) is 0 Å². The molecule has 0 saturated carbocycles. The monoisotopic (exact) mass is 324 g/mol. The van der Waals surface area contributed by atoms with Gasteiger partial charge in [-0.15, -0.1) is 0 Å². The number of rotatable bonds is 7. The number of benzene rings is 1. The standard InChI is InChI=1S/C14H14Cl2N4O/c15-11-3-4-12(16)13(9-11)19-10-14(21)20(7-1-5-17)8-2-6-18/h3-4,9,19H,1-2,7-8,10H2. The highest BCUT2D eigenvalue weighted by molar-refractivity contribution is 6.35. The van der Waals surface area contributed by atoms with Gasteiger partial charge in [-0.1, -0.05) is 23.2 Å². The highest BCUT2D eigenvalue weighted by Gasteiger charge is 2.13. The summed E-state index contributed by atoms with van der Waals surface area (Å²) < 4.78 is 0. The fourth-order valence-corrected chi connectivity index (χ4v) is 2.00. The molecule has 1 amide bonds. The van der Waals surface area contributed by atoms with Crippen LogP contribution in [0.4, 0.5) is 5.69 Å². The number of anilines is 1. The van der Waals surface area contributed by atoms with Crippen molar-refractivity contribution in [2.24, 2.45) is 0 Å². The zero-order valence-electron chi connectivity index (χ0n) is 11.3. The Morgan fingerprint density at radius 1 is 1.19 bits per heavy atom. The number of hydrogen-bond acceptors (Lipinski definition) is 4. The van der Waals surface area contributed by atoms with Crippen molar-refractivity contribution >= 4 is 34.8 Å². The molecule has 0 aliphatic carbocycles. The van der Waals surface area contributed by atoms with E-state index in [0.717, 1.165) is 0 Å². The van der Waals surface area contributed by atoms with Gasteiger partial charge in [-0.25, -0.2) is 0 Å². The molecule has 0 spiro atoms. The lowest BCUT2D eigenvalue weighted by molar-refractivity contribution is -0.129. The second-order valence-corrected chi connectivity index (χ2v) is 5.02. The van der Waals surface area contributed by atoms with Gasteiger partial charge < -0.3 is 10.2 Å². The van der Waals surface area contributed by atoms with Crippen LogP contribution in [-0.2, 0) is 4.79 Å². The van der Waals surface area contributed by atoms with E-state index in [1.165, 1.54) is 4.90 Å². The van der Waals surface area contributed by atoms with Gasteiger partial charge in [-0.2, -0.15) is 10.5 Å². The minimum absolute atomic E-state index is 0.0247. The van der Waals surface area contributed by atoms with Gasteiger partial charge >= 0.3 is 0 Å². The average Bonchev–Trinajstić information content (AvgIpc) is 2.48. The fraction of sp³-hybridized carbons (Fsp3) is 0.357. The topological polar surface area (TPSA) is 79.9 Å². The number of nitriles is 2. The highest BCUT2D eigenvalue weighted by atomic mass is 35.5. The van der Waals surface area contributed by atoms with Crippen LogP contribution in [0.3, 0.4) is 0 Å². The highest BCUT2D eigenvalue weighted by Crippen LogP contribution is 2.25. The predicted molar refractivity (Wildman–Crippen MR) is 82.0 cm³/mol. The molecule has 0 fully saturated rings. The molecule has 0 bridgehead atoms. The quantitative estimate of drug-likeness (QED) is 0.835. The van der Waals surface area contributed by atoms with Crippen molar-refractivity contribution < 1.29 is 4.79 Å². The molecule has 0 aromatic heterocycles. The molecule has 0 aliphatic rings. The first kappa shape index (κ1) is 17.1. The van der Waals surface area contributed by atoms with Crippen LogP contribution in [0.5, 0.6) is 0 Å². The van der Waals surface area contributed by atoms with E-state index in [4.69, 9.17) is 33.7 Å². The van der Waals surface area contributed by atoms with E-state index < -0.39 is 0 Å². The average molecular weight is 325 g/mol. The number of hydrogen-bond donors (Lipinski definition) is 1. The molecule has 21 heavy (non-hydrogen) atoms. The molecule has 1 rings (SSSR count). The Morgan fingerprint density at radius 2 is 1.81 bits per heavy atom. The number of nitrogens with one attached hydrogen (secondary N) is 1.